The molecule has 112 valence electrons. The molecular formula is C15H21F3N2. The van der Waals surface area contributed by atoms with Crippen molar-refractivity contribution in [1.29, 1.82) is 0 Å². The first-order valence-electron chi connectivity index (χ1n) is 7.07. The van der Waals surface area contributed by atoms with Crippen molar-refractivity contribution in [3.63, 3.8) is 0 Å². The molecule has 1 N–H and O–H groups in total. The predicted octanol–water partition coefficient (Wildman–Crippen LogP) is 3.45. The Morgan fingerprint density at radius 3 is 2.60 bits per heavy atom. The molecule has 1 saturated heterocycles. The van der Waals surface area contributed by atoms with Crippen molar-refractivity contribution in [2.45, 2.75) is 38.5 Å². The highest BCUT2D eigenvalue weighted by Crippen LogP contribution is 2.36. The normalized spacial score (nSPS) is 21.4. The van der Waals surface area contributed by atoms with E-state index in [-0.39, 0.29) is 6.04 Å². The van der Waals surface area contributed by atoms with Gasteiger partial charge in [-0.15, -0.1) is 0 Å². The minimum Gasteiger partial charge on any atom is -0.315 e. The van der Waals surface area contributed by atoms with Crippen LogP contribution in [-0.4, -0.2) is 30.6 Å². The van der Waals surface area contributed by atoms with E-state index in [1.165, 1.54) is 12.1 Å². The van der Waals surface area contributed by atoms with Gasteiger partial charge in [0, 0.05) is 18.6 Å². The quantitative estimate of drug-likeness (QED) is 0.912. The fraction of sp³-hybridized carbons (Fsp3) is 0.600. The summed E-state index contributed by atoms with van der Waals surface area (Å²) in [4.78, 5) is 2.16. The van der Waals surface area contributed by atoms with Crippen molar-refractivity contribution >= 4 is 0 Å². The van der Waals surface area contributed by atoms with E-state index in [9.17, 15) is 13.2 Å². The summed E-state index contributed by atoms with van der Waals surface area (Å²) in [5.74, 6) is 0. The van der Waals surface area contributed by atoms with Gasteiger partial charge in [0.05, 0.1) is 5.56 Å². The molecule has 2 unspecified atom stereocenters. The maximum absolute atomic E-state index is 13.1. The zero-order chi connectivity index (χ0) is 14.8. The second kappa shape index (κ2) is 6.14. The van der Waals surface area contributed by atoms with E-state index in [0.717, 1.165) is 26.1 Å². The number of benzene rings is 1. The van der Waals surface area contributed by atoms with Gasteiger partial charge >= 0.3 is 6.18 Å². The lowest BCUT2D eigenvalue weighted by Gasteiger charge is -2.34. The Bertz CT molecular complexity index is 439. The first kappa shape index (κ1) is 15.3. The summed E-state index contributed by atoms with van der Waals surface area (Å²) in [5.41, 5.74) is -0.148. The average molecular weight is 286 g/mol. The van der Waals surface area contributed by atoms with Crippen LogP contribution in [0.15, 0.2) is 24.3 Å². The molecule has 1 fully saturated rings. The van der Waals surface area contributed by atoms with E-state index in [1.807, 2.05) is 13.8 Å². The van der Waals surface area contributed by atoms with E-state index in [4.69, 9.17) is 0 Å². The smallest absolute Gasteiger partial charge is 0.315 e. The summed E-state index contributed by atoms with van der Waals surface area (Å²) in [7, 11) is 0. The molecule has 1 aromatic rings. The largest absolute Gasteiger partial charge is 0.416 e. The highest BCUT2D eigenvalue weighted by molar-refractivity contribution is 5.32. The molecule has 2 rings (SSSR count). The third kappa shape index (κ3) is 3.15. The van der Waals surface area contributed by atoms with Crippen LogP contribution in [-0.2, 0) is 6.18 Å². The molecule has 1 aromatic carbocycles. The van der Waals surface area contributed by atoms with Gasteiger partial charge in [-0.05, 0) is 38.1 Å². The van der Waals surface area contributed by atoms with Crippen molar-refractivity contribution in [2.24, 2.45) is 0 Å². The fourth-order valence-corrected chi connectivity index (χ4v) is 3.07. The SMILES string of the molecule is CCN(C1CCNC1)C(C)c1ccccc1C(F)(F)F. The lowest BCUT2D eigenvalue weighted by atomic mass is 9.98. The maximum Gasteiger partial charge on any atom is 0.416 e. The number of alkyl halides is 3. The van der Waals surface area contributed by atoms with Crippen molar-refractivity contribution in [3.05, 3.63) is 35.4 Å². The van der Waals surface area contributed by atoms with Crippen LogP contribution in [0, 0.1) is 0 Å². The summed E-state index contributed by atoms with van der Waals surface area (Å²) >= 11 is 0. The molecule has 1 heterocycles. The molecule has 5 heteroatoms. The topological polar surface area (TPSA) is 15.3 Å². The first-order chi connectivity index (χ1) is 9.45. The molecule has 0 radical (unpaired) electrons. The summed E-state index contributed by atoms with van der Waals surface area (Å²) in [6.07, 6.45) is -3.30. The standard InChI is InChI=1S/C15H21F3N2/c1-3-20(12-8-9-19-10-12)11(2)13-6-4-5-7-14(13)15(16,17)18/h4-7,11-12,19H,3,8-10H2,1-2H3. The highest BCUT2D eigenvalue weighted by atomic mass is 19.4. The first-order valence-corrected chi connectivity index (χ1v) is 7.07. The fourth-order valence-electron chi connectivity index (χ4n) is 3.07. The van der Waals surface area contributed by atoms with Gasteiger partial charge in [0.15, 0.2) is 0 Å². The lowest BCUT2D eigenvalue weighted by Crippen LogP contribution is -2.39. The van der Waals surface area contributed by atoms with Crippen LogP contribution < -0.4 is 5.32 Å². The van der Waals surface area contributed by atoms with Crippen LogP contribution in [0.1, 0.15) is 37.4 Å². The number of rotatable bonds is 4. The third-order valence-electron chi connectivity index (χ3n) is 4.08. The van der Waals surface area contributed by atoms with E-state index in [1.54, 1.807) is 12.1 Å². The average Bonchev–Trinajstić information content (AvgIpc) is 2.92. The third-order valence-corrected chi connectivity index (χ3v) is 4.08. The zero-order valence-electron chi connectivity index (χ0n) is 11.9. The molecule has 0 aromatic heterocycles. The molecule has 2 nitrogen and oxygen atoms in total. The van der Waals surface area contributed by atoms with E-state index in [2.05, 4.69) is 10.2 Å². The Morgan fingerprint density at radius 1 is 1.35 bits per heavy atom. The second-order valence-electron chi connectivity index (χ2n) is 5.24. The number of likely N-dealkylation sites (N-methyl/N-ethyl adjacent to an activating group) is 1. The van der Waals surface area contributed by atoms with Gasteiger partial charge in [-0.2, -0.15) is 13.2 Å². The van der Waals surface area contributed by atoms with Crippen molar-refractivity contribution in [3.8, 4) is 0 Å². The minimum atomic E-state index is -4.29. The summed E-state index contributed by atoms with van der Waals surface area (Å²) in [6, 6.07) is 5.98. The van der Waals surface area contributed by atoms with Gasteiger partial charge in [-0.3, -0.25) is 4.90 Å². The van der Waals surface area contributed by atoms with Crippen molar-refractivity contribution in [2.75, 3.05) is 19.6 Å². The Hall–Kier alpha value is -1.07. The van der Waals surface area contributed by atoms with Gasteiger partial charge < -0.3 is 5.32 Å². The van der Waals surface area contributed by atoms with Crippen LogP contribution in [0.4, 0.5) is 13.2 Å². The molecule has 1 aliphatic rings. The van der Waals surface area contributed by atoms with E-state index in [0.29, 0.717) is 11.6 Å². The van der Waals surface area contributed by atoms with Crippen molar-refractivity contribution < 1.29 is 13.2 Å². The molecule has 0 aliphatic carbocycles. The van der Waals surface area contributed by atoms with Gasteiger partial charge in [-0.25, -0.2) is 0 Å². The van der Waals surface area contributed by atoms with Crippen LogP contribution in [0.3, 0.4) is 0 Å². The van der Waals surface area contributed by atoms with Gasteiger partial charge in [0.1, 0.15) is 0 Å². The highest BCUT2D eigenvalue weighted by Gasteiger charge is 2.36. The van der Waals surface area contributed by atoms with Gasteiger partial charge in [0.25, 0.3) is 0 Å². The minimum absolute atomic E-state index is 0.234. The Balaban J connectivity index is 2.29. The summed E-state index contributed by atoms with van der Waals surface area (Å²) in [5, 5.41) is 3.27. The van der Waals surface area contributed by atoms with Crippen LogP contribution in [0.25, 0.3) is 0 Å². The number of hydrogen-bond acceptors (Lipinski definition) is 2. The molecule has 0 saturated carbocycles. The number of hydrogen-bond donors (Lipinski definition) is 1. The van der Waals surface area contributed by atoms with Crippen LogP contribution in [0.5, 0.6) is 0 Å². The van der Waals surface area contributed by atoms with E-state index < -0.39 is 11.7 Å². The molecule has 0 amide bonds. The van der Waals surface area contributed by atoms with Crippen LogP contribution in [0.2, 0.25) is 0 Å². The maximum atomic E-state index is 13.1. The predicted molar refractivity (Wildman–Crippen MR) is 73.5 cm³/mol. The Labute approximate surface area is 118 Å². The molecule has 20 heavy (non-hydrogen) atoms. The van der Waals surface area contributed by atoms with E-state index >= 15 is 0 Å². The Kier molecular flexibility index (Phi) is 4.70. The second-order valence-corrected chi connectivity index (χ2v) is 5.24. The van der Waals surface area contributed by atoms with Gasteiger partial charge in [-0.1, -0.05) is 25.1 Å². The molecule has 2 atom stereocenters. The monoisotopic (exact) mass is 286 g/mol. The number of halogens is 3. The summed E-state index contributed by atoms with van der Waals surface area (Å²) < 4.78 is 39.4. The number of nitrogens with zero attached hydrogens (tertiary/aromatic N) is 1. The molecular weight excluding hydrogens is 265 g/mol. The van der Waals surface area contributed by atoms with Gasteiger partial charge in [0.2, 0.25) is 0 Å². The summed E-state index contributed by atoms with van der Waals surface area (Å²) in [6.45, 7) is 6.41. The molecule has 0 bridgehead atoms. The Morgan fingerprint density at radius 2 is 2.05 bits per heavy atom. The lowest BCUT2D eigenvalue weighted by molar-refractivity contribution is -0.138. The zero-order valence-corrected chi connectivity index (χ0v) is 11.9. The molecule has 1 aliphatic heterocycles. The van der Waals surface area contributed by atoms with Crippen molar-refractivity contribution in [1.82, 2.24) is 10.2 Å². The molecule has 0 spiro atoms. The van der Waals surface area contributed by atoms with Crippen LogP contribution >= 0.6 is 0 Å². The number of nitrogens with one attached hydrogen (secondary N) is 1.